The zero-order valence-corrected chi connectivity index (χ0v) is 15.8. The van der Waals surface area contributed by atoms with Gasteiger partial charge in [0.1, 0.15) is 16.5 Å². The maximum absolute atomic E-state index is 5.45. The van der Waals surface area contributed by atoms with Gasteiger partial charge in [0.05, 0.1) is 31.8 Å². The number of morpholine rings is 1. The smallest absolute Gasteiger partial charge is 0.146 e. The minimum atomic E-state index is 0.219. The van der Waals surface area contributed by atoms with Gasteiger partial charge in [-0.05, 0) is 31.7 Å². The summed E-state index contributed by atoms with van der Waals surface area (Å²) in [6, 6.07) is 0.219. The first-order chi connectivity index (χ1) is 12.2. The molecular weight excluding hydrogens is 336 g/mol. The molecule has 1 atom stereocenters. The Morgan fingerprint density at radius 2 is 2.12 bits per heavy atom. The number of aromatic nitrogens is 2. The zero-order chi connectivity index (χ0) is 17.2. The summed E-state index contributed by atoms with van der Waals surface area (Å²) in [6.07, 6.45) is 3.58. The van der Waals surface area contributed by atoms with Gasteiger partial charge in [-0.2, -0.15) is 0 Å². The summed E-state index contributed by atoms with van der Waals surface area (Å²) >= 11 is 1.85. The van der Waals surface area contributed by atoms with Gasteiger partial charge >= 0.3 is 0 Å². The number of thiophene rings is 1. The molecule has 0 spiro atoms. The molecule has 2 aromatic rings. The molecule has 0 radical (unpaired) electrons. The largest absolute Gasteiger partial charge is 0.383 e. The van der Waals surface area contributed by atoms with E-state index in [1.54, 1.807) is 7.11 Å². The molecule has 0 unspecified atom stereocenters. The van der Waals surface area contributed by atoms with Crippen molar-refractivity contribution in [1.82, 2.24) is 14.9 Å². The van der Waals surface area contributed by atoms with Crippen LogP contribution in [0.1, 0.15) is 29.6 Å². The molecule has 2 aromatic heterocycles. The van der Waals surface area contributed by atoms with Crippen molar-refractivity contribution in [3.63, 3.8) is 0 Å². The number of nitrogens with zero attached hydrogens (tertiary/aromatic N) is 3. The molecule has 0 amide bonds. The standard InChI is InChI=1S/C18H26N4O2S/c1-12(11-23-2)19-17-16-13-4-3-5-14(13)25-18(16)21-15(20-17)10-22-6-8-24-9-7-22/h12H,3-11H2,1-2H3,(H,19,20,21)/t12-/m0/s1. The predicted octanol–water partition coefficient (Wildman–Crippen LogP) is 2.46. The van der Waals surface area contributed by atoms with Crippen LogP contribution in [0.25, 0.3) is 10.2 Å². The van der Waals surface area contributed by atoms with Gasteiger partial charge in [0, 0.05) is 31.1 Å². The molecule has 1 aliphatic heterocycles. The van der Waals surface area contributed by atoms with Crippen LogP contribution in [0.15, 0.2) is 0 Å². The van der Waals surface area contributed by atoms with E-state index >= 15 is 0 Å². The molecule has 0 saturated carbocycles. The van der Waals surface area contributed by atoms with E-state index in [2.05, 4.69) is 17.1 Å². The van der Waals surface area contributed by atoms with E-state index in [4.69, 9.17) is 19.4 Å². The third kappa shape index (κ3) is 3.65. The van der Waals surface area contributed by atoms with Gasteiger partial charge in [0.15, 0.2) is 0 Å². The second-order valence-electron chi connectivity index (χ2n) is 6.92. The Morgan fingerprint density at radius 1 is 1.28 bits per heavy atom. The van der Waals surface area contributed by atoms with Crippen molar-refractivity contribution in [2.45, 2.75) is 38.8 Å². The monoisotopic (exact) mass is 362 g/mol. The number of ether oxygens (including phenoxy) is 2. The quantitative estimate of drug-likeness (QED) is 0.852. The highest BCUT2D eigenvalue weighted by atomic mass is 32.1. The number of nitrogens with one attached hydrogen (secondary N) is 1. The van der Waals surface area contributed by atoms with E-state index in [-0.39, 0.29) is 6.04 Å². The summed E-state index contributed by atoms with van der Waals surface area (Å²) in [4.78, 5) is 14.8. The number of anilines is 1. The average molecular weight is 362 g/mol. The lowest BCUT2D eigenvalue weighted by Gasteiger charge is -2.26. The molecule has 6 nitrogen and oxygen atoms in total. The molecule has 1 fully saturated rings. The second-order valence-corrected chi connectivity index (χ2v) is 8.00. The molecule has 1 aliphatic carbocycles. The van der Waals surface area contributed by atoms with E-state index in [1.165, 1.54) is 28.7 Å². The molecule has 1 N–H and O–H groups in total. The minimum absolute atomic E-state index is 0.219. The van der Waals surface area contributed by atoms with Crippen LogP contribution in [0.5, 0.6) is 0 Å². The van der Waals surface area contributed by atoms with E-state index in [1.807, 2.05) is 11.3 Å². The van der Waals surface area contributed by atoms with Gasteiger partial charge in [0.2, 0.25) is 0 Å². The van der Waals surface area contributed by atoms with Gasteiger partial charge < -0.3 is 14.8 Å². The van der Waals surface area contributed by atoms with Crippen LogP contribution in [0.2, 0.25) is 0 Å². The molecule has 0 bridgehead atoms. The summed E-state index contributed by atoms with van der Waals surface area (Å²) in [5.74, 6) is 1.89. The second kappa shape index (κ2) is 7.53. The molecule has 7 heteroatoms. The van der Waals surface area contributed by atoms with E-state index in [0.717, 1.165) is 55.7 Å². The lowest BCUT2D eigenvalue weighted by Crippen LogP contribution is -2.36. The number of hydrogen-bond acceptors (Lipinski definition) is 7. The van der Waals surface area contributed by atoms with Gasteiger partial charge in [-0.1, -0.05) is 0 Å². The number of fused-ring (bicyclic) bond motifs is 3. The van der Waals surface area contributed by atoms with Crippen LogP contribution in [0.3, 0.4) is 0 Å². The highest BCUT2D eigenvalue weighted by Gasteiger charge is 2.23. The molecule has 25 heavy (non-hydrogen) atoms. The predicted molar refractivity (Wildman–Crippen MR) is 100 cm³/mol. The van der Waals surface area contributed by atoms with Crippen molar-refractivity contribution in [2.75, 3.05) is 45.3 Å². The van der Waals surface area contributed by atoms with Gasteiger partial charge in [0.25, 0.3) is 0 Å². The van der Waals surface area contributed by atoms with Crippen molar-refractivity contribution in [3.05, 3.63) is 16.3 Å². The highest BCUT2D eigenvalue weighted by Crippen LogP contribution is 2.39. The van der Waals surface area contributed by atoms with Crippen LogP contribution in [0.4, 0.5) is 5.82 Å². The lowest BCUT2D eigenvalue weighted by atomic mass is 10.2. The first-order valence-electron chi connectivity index (χ1n) is 9.11. The van der Waals surface area contributed by atoms with Crippen molar-refractivity contribution in [1.29, 1.82) is 0 Å². The van der Waals surface area contributed by atoms with Crippen LogP contribution in [-0.2, 0) is 28.9 Å². The Balaban J connectivity index is 1.67. The zero-order valence-electron chi connectivity index (χ0n) is 15.0. The normalized spacial score (nSPS) is 19.3. The van der Waals surface area contributed by atoms with Crippen molar-refractivity contribution >= 4 is 27.4 Å². The summed E-state index contributed by atoms with van der Waals surface area (Å²) in [7, 11) is 1.74. The third-order valence-corrected chi connectivity index (χ3v) is 6.07. The Kier molecular flexibility index (Phi) is 5.17. The van der Waals surface area contributed by atoms with Gasteiger partial charge in [-0.25, -0.2) is 9.97 Å². The highest BCUT2D eigenvalue weighted by molar-refractivity contribution is 7.19. The Bertz CT molecular complexity index is 742. The fraction of sp³-hybridized carbons (Fsp3) is 0.667. The first-order valence-corrected chi connectivity index (χ1v) is 9.93. The third-order valence-electron chi connectivity index (χ3n) is 4.88. The Morgan fingerprint density at radius 3 is 2.92 bits per heavy atom. The van der Waals surface area contributed by atoms with Crippen LogP contribution < -0.4 is 5.32 Å². The maximum Gasteiger partial charge on any atom is 0.146 e. The summed E-state index contributed by atoms with van der Waals surface area (Å²) in [6.45, 7) is 7.07. The molecule has 4 rings (SSSR count). The molecule has 0 aromatic carbocycles. The molecular formula is C18H26N4O2S. The minimum Gasteiger partial charge on any atom is -0.383 e. The van der Waals surface area contributed by atoms with Crippen LogP contribution in [0, 0.1) is 0 Å². The molecule has 136 valence electrons. The van der Waals surface area contributed by atoms with Crippen molar-refractivity contribution < 1.29 is 9.47 Å². The number of rotatable bonds is 6. The summed E-state index contributed by atoms with van der Waals surface area (Å²) < 4.78 is 10.7. The average Bonchev–Trinajstić information content (AvgIpc) is 3.16. The van der Waals surface area contributed by atoms with Crippen molar-refractivity contribution in [3.8, 4) is 0 Å². The topological polar surface area (TPSA) is 59.5 Å². The number of aryl methyl sites for hydroxylation is 2. The Labute approximate surface area is 152 Å². The summed E-state index contributed by atoms with van der Waals surface area (Å²) in [5, 5.41) is 4.81. The summed E-state index contributed by atoms with van der Waals surface area (Å²) in [5.41, 5.74) is 1.46. The van der Waals surface area contributed by atoms with Crippen LogP contribution in [-0.4, -0.2) is 60.9 Å². The fourth-order valence-electron chi connectivity index (χ4n) is 3.70. The SMILES string of the molecule is COC[C@H](C)Nc1nc(CN2CCOCC2)nc2sc3c(c12)CCC3. The van der Waals surface area contributed by atoms with E-state index in [9.17, 15) is 0 Å². The van der Waals surface area contributed by atoms with Gasteiger partial charge in [-0.15, -0.1) is 11.3 Å². The fourth-order valence-corrected chi connectivity index (χ4v) is 4.98. The maximum atomic E-state index is 5.45. The number of hydrogen-bond donors (Lipinski definition) is 1. The van der Waals surface area contributed by atoms with E-state index in [0.29, 0.717) is 6.61 Å². The van der Waals surface area contributed by atoms with Crippen LogP contribution >= 0.6 is 11.3 Å². The molecule has 2 aliphatic rings. The molecule has 1 saturated heterocycles. The van der Waals surface area contributed by atoms with Crippen molar-refractivity contribution in [2.24, 2.45) is 0 Å². The van der Waals surface area contributed by atoms with Gasteiger partial charge in [-0.3, -0.25) is 4.90 Å². The first kappa shape index (κ1) is 17.1. The number of methoxy groups -OCH3 is 1. The van der Waals surface area contributed by atoms with E-state index < -0.39 is 0 Å². The lowest BCUT2D eigenvalue weighted by molar-refractivity contribution is 0.0331. The Hall–Kier alpha value is -1.28. The molecule has 3 heterocycles.